The van der Waals surface area contributed by atoms with Gasteiger partial charge in [0.1, 0.15) is 6.54 Å². The summed E-state index contributed by atoms with van der Waals surface area (Å²) in [5.74, 6) is -0.218. The predicted octanol–water partition coefficient (Wildman–Crippen LogP) is 10.2. The molecule has 2 aliphatic heterocycles. The van der Waals surface area contributed by atoms with Gasteiger partial charge in [0.25, 0.3) is 10.1 Å². The van der Waals surface area contributed by atoms with Crippen LogP contribution in [0.1, 0.15) is 109 Å². The first-order valence-corrected chi connectivity index (χ1v) is 19.8. The number of hydrogen-bond acceptors (Lipinski definition) is 3. The van der Waals surface area contributed by atoms with Gasteiger partial charge < -0.3 is 4.90 Å². The molecule has 1 aliphatic carbocycles. The number of anilines is 1. The van der Waals surface area contributed by atoms with E-state index in [1.807, 2.05) is 0 Å². The van der Waals surface area contributed by atoms with E-state index < -0.39 is 10.1 Å². The van der Waals surface area contributed by atoms with Gasteiger partial charge >= 0.3 is 0 Å². The quantitative estimate of drug-likeness (QED) is 0.129. The number of hydrogen-bond donors (Lipinski definition) is 1. The SMILES string of the molecule is CCCCCN1C(=CC=C2CCC(C=CC3=[N+](CCCCS(=O)(=O)O)c4ccc(CC)cc4C3(C)C)=C2Cl)C(C)(C)c2cc(C)ccc21. The maximum Gasteiger partial charge on any atom is 0.264 e. The minimum absolute atomic E-state index is 0.0929. The van der Waals surface area contributed by atoms with E-state index in [9.17, 15) is 13.0 Å². The third-order valence-corrected chi connectivity index (χ3v) is 11.8. The lowest BCUT2D eigenvalue weighted by Crippen LogP contribution is -2.28. The monoisotopic (exact) mass is 689 g/mol. The van der Waals surface area contributed by atoms with Gasteiger partial charge in [0, 0.05) is 52.5 Å². The minimum atomic E-state index is -3.97. The molecule has 2 aromatic carbocycles. The second-order valence-corrected chi connectivity index (χ2v) is 16.7. The summed E-state index contributed by atoms with van der Waals surface area (Å²) in [4.78, 5) is 2.53. The maximum absolute atomic E-state index is 11.4. The largest absolute Gasteiger partial charge is 0.344 e. The molecule has 5 nitrogen and oxygen atoms in total. The van der Waals surface area contributed by atoms with Crippen LogP contribution in [-0.4, -0.2) is 42.1 Å². The number of benzene rings is 2. The molecule has 0 fully saturated rings. The third-order valence-electron chi connectivity index (χ3n) is 10.5. The Hall–Kier alpha value is -2.93. The van der Waals surface area contributed by atoms with Gasteiger partial charge in [0.15, 0.2) is 5.71 Å². The molecule has 258 valence electrons. The van der Waals surface area contributed by atoms with Crippen LogP contribution in [-0.2, 0) is 27.4 Å². The average molecular weight is 690 g/mol. The summed E-state index contributed by atoms with van der Waals surface area (Å²) in [5, 5.41) is 0.840. The van der Waals surface area contributed by atoms with Gasteiger partial charge in [-0.1, -0.05) is 88.1 Å². The number of aryl methyl sites for hydroxylation is 2. The highest BCUT2D eigenvalue weighted by atomic mass is 35.5. The van der Waals surface area contributed by atoms with Crippen LogP contribution in [0.25, 0.3) is 0 Å². The first kappa shape index (κ1) is 36.4. The number of unbranched alkanes of at least 4 members (excludes halogenated alkanes) is 3. The Kier molecular flexibility index (Phi) is 11.0. The first-order chi connectivity index (χ1) is 22.7. The van der Waals surface area contributed by atoms with Crippen LogP contribution in [0.15, 0.2) is 82.6 Å². The number of allylic oxidation sites excluding steroid dienone is 8. The molecule has 5 rings (SSSR count). The van der Waals surface area contributed by atoms with E-state index in [0.717, 1.165) is 36.4 Å². The lowest BCUT2D eigenvalue weighted by molar-refractivity contribution is -0.438. The van der Waals surface area contributed by atoms with E-state index in [0.29, 0.717) is 19.4 Å². The van der Waals surface area contributed by atoms with Crippen molar-refractivity contribution in [2.75, 3.05) is 23.7 Å². The second kappa shape index (κ2) is 14.5. The van der Waals surface area contributed by atoms with E-state index in [1.54, 1.807) is 0 Å². The van der Waals surface area contributed by atoms with E-state index in [-0.39, 0.29) is 16.6 Å². The molecule has 0 aromatic heterocycles. The van der Waals surface area contributed by atoms with Gasteiger partial charge in [-0.05, 0) is 93.4 Å². The smallest absolute Gasteiger partial charge is 0.264 e. The third kappa shape index (κ3) is 7.46. The summed E-state index contributed by atoms with van der Waals surface area (Å²) in [7, 11) is -3.97. The fourth-order valence-electron chi connectivity index (χ4n) is 7.66. The Bertz CT molecular complexity index is 1830. The highest BCUT2D eigenvalue weighted by molar-refractivity contribution is 7.85. The Labute approximate surface area is 294 Å². The lowest BCUT2D eigenvalue weighted by atomic mass is 9.80. The summed E-state index contributed by atoms with van der Waals surface area (Å²) >= 11 is 7.13. The van der Waals surface area contributed by atoms with Crippen LogP contribution in [0.3, 0.4) is 0 Å². The van der Waals surface area contributed by atoms with Gasteiger partial charge in [0.2, 0.25) is 5.69 Å². The molecule has 3 aliphatic rings. The van der Waals surface area contributed by atoms with Gasteiger partial charge in [-0.2, -0.15) is 13.0 Å². The molecule has 0 spiro atoms. The van der Waals surface area contributed by atoms with Crippen molar-refractivity contribution in [1.29, 1.82) is 0 Å². The number of fused-ring (bicyclic) bond motifs is 2. The normalized spacial score (nSPS) is 20.2. The summed E-state index contributed by atoms with van der Waals surface area (Å²) < 4.78 is 34.3. The van der Waals surface area contributed by atoms with Crippen molar-refractivity contribution in [1.82, 2.24) is 0 Å². The van der Waals surface area contributed by atoms with Crippen LogP contribution in [0, 0.1) is 6.92 Å². The number of nitrogens with zero attached hydrogens (tertiary/aromatic N) is 2. The molecule has 0 amide bonds. The van der Waals surface area contributed by atoms with E-state index in [1.165, 1.54) is 69.9 Å². The van der Waals surface area contributed by atoms with Gasteiger partial charge in [-0.25, -0.2) is 0 Å². The standard InChI is InChI=1S/C41H53ClN2O3S/c1-8-10-11-24-43-35-20-14-29(3)27-33(35)40(4,5)37(43)22-18-31-16-17-32(39(31)42)19-23-38-41(6,7)34-28-30(9-2)15-21-36(34)44(38)25-12-13-26-48(45,46)47/h14-15,18-23,27-28H,8-13,16-17,24-26H2,1-7H3/p+1. The van der Waals surface area contributed by atoms with Crippen molar-refractivity contribution in [2.45, 2.75) is 111 Å². The number of rotatable bonds is 13. The Morgan fingerprint density at radius 3 is 2.40 bits per heavy atom. The van der Waals surface area contributed by atoms with Crippen LogP contribution >= 0.6 is 11.6 Å². The summed E-state index contributed by atoms with van der Waals surface area (Å²) in [6.07, 6.45) is 16.4. The molecule has 48 heavy (non-hydrogen) atoms. The van der Waals surface area contributed by atoms with E-state index >= 15 is 0 Å². The molecule has 2 heterocycles. The molecule has 0 radical (unpaired) electrons. The fraction of sp³-hybridized carbons (Fsp3) is 0.488. The molecule has 7 heteroatoms. The van der Waals surface area contributed by atoms with E-state index in [2.05, 4.69) is 119 Å². The Morgan fingerprint density at radius 1 is 0.917 bits per heavy atom. The van der Waals surface area contributed by atoms with Crippen molar-refractivity contribution >= 4 is 38.8 Å². The lowest BCUT2D eigenvalue weighted by Gasteiger charge is -2.27. The maximum atomic E-state index is 11.4. The molecular formula is C41H54ClN2O3S+. The van der Waals surface area contributed by atoms with Crippen molar-refractivity contribution in [2.24, 2.45) is 0 Å². The van der Waals surface area contributed by atoms with Crippen LogP contribution in [0.4, 0.5) is 11.4 Å². The highest BCUT2D eigenvalue weighted by Gasteiger charge is 2.44. The van der Waals surface area contributed by atoms with Gasteiger partial charge in [0.05, 0.1) is 11.2 Å². The topological polar surface area (TPSA) is 60.6 Å². The Morgan fingerprint density at radius 2 is 1.69 bits per heavy atom. The number of halogens is 1. The van der Waals surface area contributed by atoms with Crippen LogP contribution < -0.4 is 4.90 Å². The molecule has 1 N–H and O–H groups in total. The average Bonchev–Trinajstić information content (AvgIpc) is 3.56. The van der Waals surface area contributed by atoms with Gasteiger partial charge in [-0.3, -0.25) is 4.55 Å². The molecule has 0 saturated heterocycles. The predicted molar refractivity (Wildman–Crippen MR) is 203 cm³/mol. The Balaban J connectivity index is 1.45. The molecular weight excluding hydrogens is 636 g/mol. The second-order valence-electron chi connectivity index (χ2n) is 14.8. The zero-order valence-corrected chi connectivity index (χ0v) is 31.6. The summed E-state index contributed by atoms with van der Waals surface area (Å²) in [5.41, 5.74) is 12.3. The van der Waals surface area contributed by atoms with Crippen molar-refractivity contribution in [3.63, 3.8) is 0 Å². The fourth-order valence-corrected chi connectivity index (χ4v) is 8.54. The minimum Gasteiger partial charge on any atom is -0.344 e. The molecule has 0 unspecified atom stereocenters. The summed E-state index contributed by atoms with van der Waals surface area (Å²) in [6.45, 7) is 17.5. The highest BCUT2D eigenvalue weighted by Crippen LogP contribution is 2.48. The van der Waals surface area contributed by atoms with Gasteiger partial charge in [-0.15, -0.1) is 0 Å². The van der Waals surface area contributed by atoms with Crippen molar-refractivity contribution in [3.8, 4) is 0 Å². The van der Waals surface area contributed by atoms with Crippen molar-refractivity contribution < 1.29 is 17.5 Å². The zero-order chi connectivity index (χ0) is 34.9. The van der Waals surface area contributed by atoms with Crippen LogP contribution in [0.5, 0.6) is 0 Å². The zero-order valence-electron chi connectivity index (χ0n) is 30.0. The molecule has 0 bridgehead atoms. The summed E-state index contributed by atoms with van der Waals surface area (Å²) in [6, 6.07) is 13.6. The molecule has 2 aromatic rings. The molecule has 0 saturated carbocycles. The molecule has 0 atom stereocenters. The van der Waals surface area contributed by atoms with Crippen LogP contribution in [0.2, 0.25) is 0 Å². The van der Waals surface area contributed by atoms with Crippen molar-refractivity contribution in [3.05, 3.63) is 105 Å². The van der Waals surface area contributed by atoms with E-state index in [4.69, 9.17) is 11.6 Å². The first-order valence-electron chi connectivity index (χ1n) is 17.8.